The third-order valence-electron chi connectivity index (χ3n) is 2.84. The van der Waals surface area contributed by atoms with Gasteiger partial charge in [0.2, 0.25) is 0 Å². The fraction of sp³-hybridized carbons (Fsp3) is 0.286. The Morgan fingerprint density at radius 2 is 1.85 bits per heavy atom. The first kappa shape index (κ1) is 15.1. The third kappa shape index (κ3) is 2.89. The Hall–Kier alpha value is -1.31. The van der Waals surface area contributed by atoms with Gasteiger partial charge in [-0.15, -0.1) is 0 Å². The molecule has 1 N–H and O–H groups in total. The molecular weight excluding hydrogens is 375 g/mol. The third-order valence-corrected chi connectivity index (χ3v) is 3.90. The molecule has 0 amide bonds. The predicted molar refractivity (Wildman–Crippen MR) is 83.7 cm³/mol. The minimum Gasteiger partial charge on any atom is -0.372 e. The Bertz CT molecular complexity index is 645. The van der Waals surface area contributed by atoms with Gasteiger partial charge in [0.15, 0.2) is 17.5 Å². The zero-order valence-corrected chi connectivity index (χ0v) is 13.5. The van der Waals surface area contributed by atoms with Crippen LogP contribution < -0.4 is 5.32 Å². The van der Waals surface area contributed by atoms with E-state index in [-0.39, 0.29) is 5.92 Å². The highest BCUT2D eigenvalue weighted by Gasteiger charge is 2.16. The van der Waals surface area contributed by atoms with Crippen molar-refractivity contribution in [2.24, 2.45) is 0 Å². The van der Waals surface area contributed by atoms with Gasteiger partial charge in [-0.25, -0.2) is 18.7 Å². The summed E-state index contributed by atoms with van der Waals surface area (Å²) in [6.07, 6.45) is 0. The number of anilines is 1. The maximum atomic E-state index is 13.3. The normalized spacial score (nSPS) is 10.9. The lowest BCUT2D eigenvalue weighted by atomic mass is 10.1. The summed E-state index contributed by atoms with van der Waals surface area (Å²) in [4.78, 5) is 8.83. The van der Waals surface area contributed by atoms with Gasteiger partial charge in [0.1, 0.15) is 5.82 Å². The van der Waals surface area contributed by atoms with E-state index < -0.39 is 11.6 Å². The van der Waals surface area contributed by atoms with E-state index in [0.29, 0.717) is 17.2 Å². The molecule has 20 heavy (non-hydrogen) atoms. The van der Waals surface area contributed by atoms with Crippen molar-refractivity contribution in [1.82, 2.24) is 9.97 Å². The molecule has 6 heteroatoms. The average Bonchev–Trinajstić information content (AvgIpc) is 2.42. The summed E-state index contributed by atoms with van der Waals surface area (Å²) in [5.74, 6) is -0.499. The highest BCUT2D eigenvalue weighted by Crippen LogP contribution is 2.28. The van der Waals surface area contributed by atoms with Crippen molar-refractivity contribution < 1.29 is 8.78 Å². The van der Waals surface area contributed by atoms with Crippen molar-refractivity contribution in [1.29, 1.82) is 0 Å². The minimum atomic E-state index is -0.901. The summed E-state index contributed by atoms with van der Waals surface area (Å²) >= 11 is 2.18. The minimum absolute atomic E-state index is 0.209. The molecule has 0 saturated heterocycles. The van der Waals surface area contributed by atoms with Gasteiger partial charge in [-0.2, -0.15) is 0 Å². The lowest BCUT2D eigenvalue weighted by Crippen LogP contribution is -2.06. The van der Waals surface area contributed by atoms with E-state index in [0.717, 1.165) is 21.4 Å². The molecule has 0 aliphatic rings. The van der Waals surface area contributed by atoms with Gasteiger partial charge in [0.05, 0.1) is 9.26 Å². The second-order valence-corrected chi connectivity index (χ2v) is 5.71. The molecule has 1 aromatic carbocycles. The Balaban J connectivity index is 2.61. The standard InChI is InChI=1S/C14H14F2IN3/c1-7(2)12-11(17)14(18-3)20-13(19-12)8-4-5-9(15)10(16)6-8/h4-7H,1-3H3,(H,18,19,20). The van der Waals surface area contributed by atoms with Crippen molar-refractivity contribution in [3.05, 3.63) is 39.1 Å². The van der Waals surface area contributed by atoms with Crippen LogP contribution in [0.4, 0.5) is 14.6 Å². The van der Waals surface area contributed by atoms with Gasteiger partial charge in [-0.1, -0.05) is 13.8 Å². The molecule has 0 aliphatic carbocycles. The molecule has 0 aliphatic heterocycles. The van der Waals surface area contributed by atoms with E-state index in [2.05, 4.69) is 37.9 Å². The van der Waals surface area contributed by atoms with Crippen LogP contribution in [0, 0.1) is 15.2 Å². The van der Waals surface area contributed by atoms with E-state index >= 15 is 0 Å². The highest BCUT2D eigenvalue weighted by atomic mass is 127. The van der Waals surface area contributed by atoms with Crippen LogP contribution in [0.5, 0.6) is 0 Å². The van der Waals surface area contributed by atoms with E-state index in [1.807, 2.05) is 13.8 Å². The number of nitrogens with zero attached hydrogens (tertiary/aromatic N) is 2. The number of hydrogen-bond donors (Lipinski definition) is 1. The summed E-state index contributed by atoms with van der Waals surface area (Å²) < 4.78 is 27.3. The van der Waals surface area contributed by atoms with Crippen LogP contribution in [0.3, 0.4) is 0 Å². The molecule has 2 rings (SSSR count). The van der Waals surface area contributed by atoms with Crippen LogP contribution in [0.1, 0.15) is 25.5 Å². The maximum absolute atomic E-state index is 13.3. The van der Waals surface area contributed by atoms with Crippen molar-refractivity contribution in [2.75, 3.05) is 12.4 Å². The van der Waals surface area contributed by atoms with Gasteiger partial charge in [0.25, 0.3) is 0 Å². The van der Waals surface area contributed by atoms with Crippen molar-refractivity contribution in [2.45, 2.75) is 19.8 Å². The van der Waals surface area contributed by atoms with Crippen molar-refractivity contribution in [3.63, 3.8) is 0 Å². The lowest BCUT2D eigenvalue weighted by Gasteiger charge is -2.13. The molecule has 1 aromatic heterocycles. The molecule has 3 nitrogen and oxygen atoms in total. The van der Waals surface area contributed by atoms with Crippen LogP contribution in [0.15, 0.2) is 18.2 Å². The molecule has 0 atom stereocenters. The second kappa shape index (κ2) is 5.99. The smallest absolute Gasteiger partial charge is 0.161 e. The van der Waals surface area contributed by atoms with E-state index in [1.165, 1.54) is 6.07 Å². The van der Waals surface area contributed by atoms with Crippen LogP contribution in [-0.2, 0) is 0 Å². The van der Waals surface area contributed by atoms with E-state index in [9.17, 15) is 8.78 Å². The largest absolute Gasteiger partial charge is 0.372 e. The second-order valence-electron chi connectivity index (χ2n) is 4.63. The van der Waals surface area contributed by atoms with Crippen LogP contribution in [0.2, 0.25) is 0 Å². The maximum Gasteiger partial charge on any atom is 0.161 e. The Labute approximate surface area is 130 Å². The molecule has 106 valence electrons. The highest BCUT2D eigenvalue weighted by molar-refractivity contribution is 14.1. The van der Waals surface area contributed by atoms with Gasteiger partial charge in [0, 0.05) is 12.6 Å². The van der Waals surface area contributed by atoms with E-state index in [4.69, 9.17) is 0 Å². The van der Waals surface area contributed by atoms with Crippen LogP contribution in [-0.4, -0.2) is 17.0 Å². The number of halogens is 3. The first-order chi connectivity index (χ1) is 9.43. The quantitative estimate of drug-likeness (QED) is 0.801. The van der Waals surface area contributed by atoms with Crippen LogP contribution in [0.25, 0.3) is 11.4 Å². The van der Waals surface area contributed by atoms with Crippen molar-refractivity contribution in [3.8, 4) is 11.4 Å². The molecule has 0 saturated carbocycles. The summed E-state index contributed by atoms with van der Waals surface area (Å²) in [5.41, 5.74) is 1.34. The monoisotopic (exact) mass is 389 g/mol. The predicted octanol–water partition coefficient (Wildman–Crippen LogP) is 4.19. The molecule has 2 aromatic rings. The summed E-state index contributed by atoms with van der Waals surface area (Å²) in [7, 11) is 1.77. The zero-order chi connectivity index (χ0) is 14.9. The molecule has 0 radical (unpaired) electrons. The number of rotatable bonds is 3. The summed E-state index contributed by atoms with van der Waals surface area (Å²) in [5, 5.41) is 3.00. The fourth-order valence-corrected chi connectivity index (χ4v) is 2.91. The van der Waals surface area contributed by atoms with Crippen molar-refractivity contribution >= 4 is 28.4 Å². The Morgan fingerprint density at radius 1 is 1.15 bits per heavy atom. The average molecular weight is 389 g/mol. The number of hydrogen-bond acceptors (Lipinski definition) is 3. The van der Waals surface area contributed by atoms with Gasteiger partial charge >= 0.3 is 0 Å². The Morgan fingerprint density at radius 3 is 2.40 bits per heavy atom. The molecule has 0 spiro atoms. The number of benzene rings is 1. The first-order valence-electron chi connectivity index (χ1n) is 6.14. The SMILES string of the molecule is CNc1nc(-c2ccc(F)c(F)c2)nc(C(C)C)c1I. The topological polar surface area (TPSA) is 37.8 Å². The van der Waals surface area contributed by atoms with Gasteiger partial charge in [-0.3, -0.25) is 0 Å². The Kier molecular flexibility index (Phi) is 4.52. The molecule has 1 heterocycles. The summed E-state index contributed by atoms with van der Waals surface area (Å²) in [6, 6.07) is 3.67. The molecule has 0 unspecified atom stereocenters. The van der Waals surface area contributed by atoms with Gasteiger partial charge < -0.3 is 5.32 Å². The fourth-order valence-electron chi connectivity index (χ4n) is 1.78. The van der Waals surface area contributed by atoms with Gasteiger partial charge in [-0.05, 0) is 46.7 Å². The molecular formula is C14H14F2IN3. The number of nitrogens with one attached hydrogen (secondary N) is 1. The molecule has 0 bridgehead atoms. The van der Waals surface area contributed by atoms with E-state index in [1.54, 1.807) is 7.05 Å². The zero-order valence-electron chi connectivity index (χ0n) is 11.3. The lowest BCUT2D eigenvalue weighted by molar-refractivity contribution is 0.509. The van der Waals surface area contributed by atoms with Crippen LogP contribution >= 0.6 is 22.6 Å². The number of aromatic nitrogens is 2. The molecule has 0 fully saturated rings. The first-order valence-corrected chi connectivity index (χ1v) is 7.22. The summed E-state index contributed by atoms with van der Waals surface area (Å²) in [6.45, 7) is 4.05.